The van der Waals surface area contributed by atoms with E-state index in [9.17, 15) is 15.0 Å². The van der Waals surface area contributed by atoms with E-state index >= 15 is 4.79 Å². The first kappa shape index (κ1) is 49.8. The van der Waals surface area contributed by atoms with Crippen LogP contribution in [0.2, 0.25) is 0 Å². The fourth-order valence-electron chi connectivity index (χ4n) is 10.2. The Morgan fingerprint density at radius 2 is 0.803 bits per heavy atom. The lowest BCUT2D eigenvalue weighted by molar-refractivity contribution is -0.154. The third-order valence-corrected chi connectivity index (χ3v) is 13.9. The van der Waals surface area contributed by atoms with Crippen molar-refractivity contribution in [2.24, 2.45) is 11.1 Å². The minimum Gasteiger partial charge on any atom is -0.497 e. The molecule has 71 heavy (non-hydrogen) atoms. The highest BCUT2D eigenvalue weighted by atomic mass is 16.5. The van der Waals surface area contributed by atoms with E-state index in [0.717, 1.165) is 54.9 Å². The first-order valence-electron chi connectivity index (χ1n) is 23.7. The number of amides is 2. The van der Waals surface area contributed by atoms with Gasteiger partial charge in [-0.25, -0.2) is 0 Å². The molecule has 0 aromatic heterocycles. The normalized spacial score (nSPS) is 14.1. The Bertz CT molecular complexity index is 2900. The maximum atomic E-state index is 15.8. The smallest absolute Gasteiger partial charge is 0.237 e. The number of rotatable bonds is 20. The molecule has 8 rings (SSSR count). The van der Waals surface area contributed by atoms with E-state index in [1.165, 1.54) is 18.7 Å². The lowest BCUT2D eigenvalue weighted by Gasteiger charge is -2.46. The average Bonchev–Trinajstić information content (AvgIpc) is 3.39. The molecular weight excluding hydrogens is 889 g/mol. The number of fused-ring (bicyclic) bond motifs is 2. The van der Waals surface area contributed by atoms with Crippen LogP contribution in [0.15, 0.2) is 182 Å². The standard InChI is InChI=1S/C61H62N2O8/c1-59(2,57(62)64)58(65)63(39-60(66,37-41-21-29-47(68-3)30-22-41)55(45-25-33-49(70-5)34-26-45)53-19-11-15-43-13-7-9-17-51(43)53)40-61(67,38-42-23-31-48(69-4)32-24-42)56(46-27-35-50(71-6)36-28-46)54-20-12-16-44-14-8-10-18-52(44)54/h7-36,55-56,66-67H,37-40H2,1-6H3,(H2,62,64). The summed E-state index contributed by atoms with van der Waals surface area (Å²) in [5, 5.41) is 32.3. The lowest BCUT2D eigenvalue weighted by atomic mass is 9.71. The van der Waals surface area contributed by atoms with Crippen molar-refractivity contribution >= 4 is 33.4 Å². The number of hydrogen-bond donors (Lipinski definition) is 3. The maximum Gasteiger partial charge on any atom is 0.237 e. The van der Waals surface area contributed by atoms with Crippen LogP contribution in [0.3, 0.4) is 0 Å². The quantitative estimate of drug-likeness (QED) is 0.0642. The van der Waals surface area contributed by atoms with Gasteiger partial charge in [0.15, 0.2) is 0 Å². The molecule has 0 saturated carbocycles. The van der Waals surface area contributed by atoms with Crippen molar-refractivity contribution in [3.05, 3.63) is 215 Å². The van der Waals surface area contributed by atoms with Gasteiger partial charge < -0.3 is 39.8 Å². The molecule has 8 aromatic carbocycles. The molecule has 4 N–H and O–H groups in total. The van der Waals surface area contributed by atoms with Crippen LogP contribution >= 0.6 is 0 Å². The van der Waals surface area contributed by atoms with Crippen LogP contribution in [0.1, 0.15) is 59.1 Å². The van der Waals surface area contributed by atoms with E-state index in [-0.39, 0.29) is 25.9 Å². The Balaban J connectivity index is 1.40. The summed E-state index contributed by atoms with van der Waals surface area (Å²) in [4.78, 5) is 30.8. The van der Waals surface area contributed by atoms with E-state index in [1.54, 1.807) is 28.4 Å². The summed E-state index contributed by atoms with van der Waals surface area (Å²) in [7, 11) is 6.40. The molecular formula is C61H62N2O8. The fourth-order valence-corrected chi connectivity index (χ4v) is 10.2. The zero-order valence-electron chi connectivity index (χ0n) is 41.2. The maximum absolute atomic E-state index is 15.8. The van der Waals surface area contributed by atoms with Gasteiger partial charge in [0.05, 0.1) is 52.7 Å². The predicted octanol–water partition coefficient (Wildman–Crippen LogP) is 10.3. The molecule has 4 atom stereocenters. The van der Waals surface area contributed by atoms with Crippen LogP contribution in [0.25, 0.3) is 21.5 Å². The predicted molar refractivity (Wildman–Crippen MR) is 280 cm³/mol. The summed E-state index contributed by atoms with van der Waals surface area (Å²) >= 11 is 0. The number of hydrogen-bond acceptors (Lipinski definition) is 8. The minimum absolute atomic E-state index is 0.0276. The second-order valence-corrected chi connectivity index (χ2v) is 19.0. The molecule has 0 saturated heterocycles. The van der Waals surface area contributed by atoms with Gasteiger partial charge in [0.25, 0.3) is 0 Å². The highest BCUT2D eigenvalue weighted by Crippen LogP contribution is 2.46. The minimum atomic E-state index is -1.85. The first-order chi connectivity index (χ1) is 34.2. The molecule has 0 heterocycles. The number of ether oxygens (including phenoxy) is 4. The second kappa shape index (κ2) is 21.1. The van der Waals surface area contributed by atoms with E-state index < -0.39 is 40.3 Å². The first-order valence-corrected chi connectivity index (χ1v) is 23.7. The molecule has 4 unspecified atom stereocenters. The summed E-state index contributed by atoms with van der Waals surface area (Å²) in [5.41, 5.74) is 5.29. The summed E-state index contributed by atoms with van der Waals surface area (Å²) in [6, 6.07) is 58.2. The summed E-state index contributed by atoms with van der Waals surface area (Å²) in [6.07, 6.45) is 0.0552. The van der Waals surface area contributed by atoms with Crippen LogP contribution < -0.4 is 24.7 Å². The van der Waals surface area contributed by atoms with Gasteiger partial charge in [0, 0.05) is 24.7 Å². The molecule has 0 radical (unpaired) electrons. The van der Waals surface area contributed by atoms with Crippen molar-refractivity contribution in [1.29, 1.82) is 0 Å². The van der Waals surface area contributed by atoms with Crippen molar-refractivity contribution in [3.63, 3.8) is 0 Å². The molecule has 0 aliphatic rings. The van der Waals surface area contributed by atoms with E-state index in [0.29, 0.717) is 23.0 Å². The second-order valence-electron chi connectivity index (χ2n) is 19.0. The van der Waals surface area contributed by atoms with Gasteiger partial charge in [-0.2, -0.15) is 0 Å². The Hall–Kier alpha value is -7.66. The molecule has 10 nitrogen and oxygen atoms in total. The van der Waals surface area contributed by atoms with Crippen LogP contribution in [-0.4, -0.2) is 79.7 Å². The van der Waals surface area contributed by atoms with E-state index in [2.05, 4.69) is 0 Å². The third-order valence-electron chi connectivity index (χ3n) is 13.9. The van der Waals surface area contributed by atoms with Crippen LogP contribution in [0, 0.1) is 5.41 Å². The largest absolute Gasteiger partial charge is 0.497 e. The van der Waals surface area contributed by atoms with Gasteiger partial charge in [0.2, 0.25) is 11.8 Å². The molecule has 0 spiro atoms. The summed E-state index contributed by atoms with van der Waals surface area (Å²) in [5.74, 6) is -0.594. The van der Waals surface area contributed by atoms with Gasteiger partial charge in [-0.05, 0) is 117 Å². The number of benzene rings is 8. The lowest BCUT2D eigenvalue weighted by Crippen LogP contribution is -2.60. The third kappa shape index (κ3) is 10.6. The zero-order chi connectivity index (χ0) is 50.3. The van der Waals surface area contributed by atoms with Crippen LogP contribution in [-0.2, 0) is 22.4 Å². The molecule has 0 fully saturated rings. The van der Waals surface area contributed by atoms with Crippen molar-refractivity contribution in [3.8, 4) is 23.0 Å². The molecule has 0 bridgehead atoms. The molecule has 0 aliphatic heterocycles. The molecule has 8 aromatic rings. The SMILES string of the molecule is COc1ccc(CC(O)(CN(CC(O)(Cc2ccc(OC)cc2)C(c2ccc(OC)cc2)c2cccc3ccccc23)C(=O)C(C)(C)C(N)=O)C(c2ccc(OC)cc2)c2cccc3ccccc23)cc1. The number of nitrogens with zero attached hydrogens (tertiary/aromatic N) is 1. The number of nitrogens with two attached hydrogens (primary N) is 1. The van der Waals surface area contributed by atoms with E-state index in [4.69, 9.17) is 24.7 Å². The van der Waals surface area contributed by atoms with Crippen LogP contribution in [0.5, 0.6) is 23.0 Å². The Morgan fingerprint density at radius 3 is 1.14 bits per heavy atom. The Kier molecular flexibility index (Phi) is 14.8. The molecule has 10 heteroatoms. The van der Waals surface area contributed by atoms with Gasteiger partial charge in [0.1, 0.15) is 28.4 Å². The number of primary amides is 1. The van der Waals surface area contributed by atoms with Gasteiger partial charge in [-0.3, -0.25) is 9.59 Å². The molecule has 2 amide bonds. The zero-order valence-corrected chi connectivity index (χ0v) is 41.2. The van der Waals surface area contributed by atoms with Gasteiger partial charge >= 0.3 is 0 Å². The Labute approximate surface area is 416 Å². The van der Waals surface area contributed by atoms with Crippen molar-refractivity contribution in [2.45, 2.75) is 49.7 Å². The Morgan fingerprint density at radius 1 is 0.479 bits per heavy atom. The number of aliphatic hydroxyl groups is 2. The van der Waals surface area contributed by atoms with E-state index in [1.807, 2.05) is 182 Å². The molecule has 364 valence electrons. The average molecular weight is 951 g/mol. The molecule has 0 aliphatic carbocycles. The monoisotopic (exact) mass is 950 g/mol. The topological polar surface area (TPSA) is 141 Å². The van der Waals surface area contributed by atoms with Gasteiger partial charge in [-0.15, -0.1) is 0 Å². The number of methoxy groups -OCH3 is 4. The fraction of sp³-hybridized carbons (Fsp3) is 0.246. The number of carbonyl (C=O) groups excluding carboxylic acids is 2. The summed E-state index contributed by atoms with van der Waals surface area (Å²) < 4.78 is 22.3. The highest BCUT2D eigenvalue weighted by Gasteiger charge is 2.50. The summed E-state index contributed by atoms with van der Waals surface area (Å²) in [6.45, 7) is 2.27. The van der Waals surface area contributed by atoms with Gasteiger partial charge in [-0.1, -0.05) is 133 Å². The number of carbonyl (C=O) groups is 2. The van der Waals surface area contributed by atoms with Crippen LogP contribution in [0.4, 0.5) is 0 Å². The van der Waals surface area contributed by atoms with Crippen molar-refractivity contribution < 1.29 is 38.7 Å². The van der Waals surface area contributed by atoms with Crippen molar-refractivity contribution in [1.82, 2.24) is 4.90 Å². The van der Waals surface area contributed by atoms with Crippen molar-refractivity contribution in [2.75, 3.05) is 41.5 Å². The highest BCUT2D eigenvalue weighted by molar-refractivity contribution is 6.03.